The summed E-state index contributed by atoms with van der Waals surface area (Å²) in [7, 11) is 0. The standard InChI is InChI=1S/C11H7Br2FS/c12-10-6-5-9(15-10)11(13)7-3-1-2-4-8(7)14/h1-6,11H. The first-order chi connectivity index (χ1) is 7.18. The summed E-state index contributed by atoms with van der Waals surface area (Å²) in [6.45, 7) is 0. The van der Waals surface area contributed by atoms with Crippen molar-refractivity contribution in [2.75, 3.05) is 0 Å². The average Bonchev–Trinajstić information content (AvgIpc) is 2.65. The number of alkyl halides is 1. The fourth-order valence-electron chi connectivity index (χ4n) is 1.30. The van der Waals surface area contributed by atoms with Crippen LogP contribution in [0.15, 0.2) is 40.2 Å². The van der Waals surface area contributed by atoms with Crippen LogP contribution >= 0.6 is 43.2 Å². The summed E-state index contributed by atoms with van der Waals surface area (Å²) in [5, 5.41) is 0. The molecule has 2 rings (SSSR count). The van der Waals surface area contributed by atoms with E-state index in [2.05, 4.69) is 31.9 Å². The van der Waals surface area contributed by atoms with Crippen molar-refractivity contribution < 1.29 is 4.39 Å². The third kappa shape index (κ3) is 2.49. The predicted octanol–water partition coefficient (Wildman–Crippen LogP) is 5.13. The van der Waals surface area contributed by atoms with Crippen molar-refractivity contribution >= 4 is 43.2 Å². The summed E-state index contributed by atoms with van der Waals surface area (Å²) < 4.78 is 14.5. The van der Waals surface area contributed by atoms with Gasteiger partial charge in [0, 0.05) is 10.4 Å². The summed E-state index contributed by atoms with van der Waals surface area (Å²) in [6, 6.07) is 10.8. The summed E-state index contributed by atoms with van der Waals surface area (Å²) in [4.78, 5) is 1.02. The van der Waals surface area contributed by atoms with Crippen LogP contribution in [-0.4, -0.2) is 0 Å². The van der Waals surface area contributed by atoms with E-state index in [9.17, 15) is 4.39 Å². The van der Waals surface area contributed by atoms with Crippen molar-refractivity contribution in [2.24, 2.45) is 0 Å². The van der Waals surface area contributed by atoms with Gasteiger partial charge in [-0.05, 0) is 34.1 Å². The van der Waals surface area contributed by atoms with Gasteiger partial charge in [-0.2, -0.15) is 0 Å². The number of benzene rings is 1. The lowest BCUT2D eigenvalue weighted by Gasteiger charge is -2.08. The summed E-state index contributed by atoms with van der Waals surface area (Å²) in [5.41, 5.74) is 0.673. The van der Waals surface area contributed by atoms with E-state index in [4.69, 9.17) is 0 Å². The van der Waals surface area contributed by atoms with Crippen LogP contribution in [0.2, 0.25) is 0 Å². The molecule has 1 atom stereocenters. The van der Waals surface area contributed by atoms with Gasteiger partial charge in [-0.3, -0.25) is 0 Å². The van der Waals surface area contributed by atoms with Gasteiger partial charge in [0.25, 0.3) is 0 Å². The number of halogens is 3. The molecule has 0 N–H and O–H groups in total. The van der Waals surface area contributed by atoms with Crippen LogP contribution in [0.1, 0.15) is 15.3 Å². The molecule has 0 aliphatic carbocycles. The molecule has 1 unspecified atom stereocenters. The highest BCUT2D eigenvalue weighted by atomic mass is 79.9. The van der Waals surface area contributed by atoms with Crippen LogP contribution in [0.3, 0.4) is 0 Å². The first-order valence-electron chi connectivity index (χ1n) is 4.32. The quantitative estimate of drug-likeness (QED) is 0.659. The lowest BCUT2D eigenvalue weighted by Crippen LogP contribution is -1.93. The molecule has 0 aliphatic heterocycles. The van der Waals surface area contributed by atoms with E-state index in [0.717, 1.165) is 8.66 Å². The fourth-order valence-corrected chi connectivity index (χ4v) is 3.52. The molecule has 1 heterocycles. The molecular formula is C11H7Br2FS. The van der Waals surface area contributed by atoms with Gasteiger partial charge < -0.3 is 0 Å². The topological polar surface area (TPSA) is 0 Å². The van der Waals surface area contributed by atoms with Gasteiger partial charge in [0.05, 0.1) is 8.61 Å². The predicted molar refractivity (Wildman–Crippen MR) is 69.2 cm³/mol. The molecular weight excluding hydrogens is 343 g/mol. The van der Waals surface area contributed by atoms with Crippen molar-refractivity contribution in [1.29, 1.82) is 0 Å². The van der Waals surface area contributed by atoms with Gasteiger partial charge in [0.1, 0.15) is 5.82 Å². The molecule has 1 aromatic carbocycles. The minimum atomic E-state index is -0.177. The molecule has 0 spiro atoms. The van der Waals surface area contributed by atoms with E-state index >= 15 is 0 Å². The Bertz CT molecular complexity index is 467. The van der Waals surface area contributed by atoms with Gasteiger partial charge in [-0.1, -0.05) is 34.1 Å². The zero-order valence-electron chi connectivity index (χ0n) is 7.58. The second kappa shape index (κ2) is 4.76. The zero-order valence-corrected chi connectivity index (χ0v) is 11.6. The van der Waals surface area contributed by atoms with Crippen LogP contribution in [0.5, 0.6) is 0 Å². The van der Waals surface area contributed by atoms with E-state index in [1.165, 1.54) is 6.07 Å². The van der Waals surface area contributed by atoms with E-state index in [0.29, 0.717) is 5.56 Å². The molecule has 78 valence electrons. The lowest BCUT2D eigenvalue weighted by atomic mass is 10.1. The molecule has 0 aliphatic rings. The highest BCUT2D eigenvalue weighted by Crippen LogP contribution is 2.37. The van der Waals surface area contributed by atoms with Crippen LogP contribution in [0, 0.1) is 5.82 Å². The molecule has 1 aromatic heterocycles. The van der Waals surface area contributed by atoms with E-state index in [1.807, 2.05) is 18.2 Å². The highest BCUT2D eigenvalue weighted by Gasteiger charge is 2.15. The molecule has 0 radical (unpaired) electrons. The Labute approximate surface area is 108 Å². The van der Waals surface area contributed by atoms with E-state index < -0.39 is 0 Å². The summed E-state index contributed by atoms with van der Waals surface area (Å²) in [5.74, 6) is -0.177. The molecule has 15 heavy (non-hydrogen) atoms. The SMILES string of the molecule is Fc1ccccc1C(Br)c1ccc(Br)s1. The van der Waals surface area contributed by atoms with Crippen LogP contribution in [0.4, 0.5) is 4.39 Å². The number of thiophene rings is 1. The van der Waals surface area contributed by atoms with Gasteiger partial charge in [0.2, 0.25) is 0 Å². The Balaban J connectivity index is 2.36. The second-order valence-corrected chi connectivity index (χ2v) is 6.44. The molecule has 0 saturated heterocycles. The Morgan fingerprint density at radius 3 is 2.47 bits per heavy atom. The smallest absolute Gasteiger partial charge is 0.127 e. The molecule has 0 nitrogen and oxygen atoms in total. The van der Waals surface area contributed by atoms with Gasteiger partial charge in [0.15, 0.2) is 0 Å². The normalized spacial score (nSPS) is 12.7. The summed E-state index contributed by atoms with van der Waals surface area (Å²) in [6.07, 6.45) is 0. The lowest BCUT2D eigenvalue weighted by molar-refractivity contribution is 0.614. The molecule has 0 saturated carbocycles. The second-order valence-electron chi connectivity index (χ2n) is 3.03. The van der Waals surface area contributed by atoms with E-state index in [-0.39, 0.29) is 10.6 Å². The Morgan fingerprint density at radius 1 is 1.13 bits per heavy atom. The Kier molecular flexibility index (Phi) is 3.59. The molecule has 0 amide bonds. The van der Waals surface area contributed by atoms with Gasteiger partial charge >= 0.3 is 0 Å². The molecule has 4 heteroatoms. The van der Waals surface area contributed by atoms with Gasteiger partial charge in [-0.25, -0.2) is 4.39 Å². The average molecular weight is 350 g/mol. The Hall–Kier alpha value is -0.190. The van der Waals surface area contributed by atoms with Crippen LogP contribution in [0.25, 0.3) is 0 Å². The first kappa shape index (κ1) is 11.3. The Morgan fingerprint density at radius 2 is 1.87 bits per heavy atom. The number of hydrogen-bond donors (Lipinski definition) is 0. The highest BCUT2D eigenvalue weighted by molar-refractivity contribution is 9.11. The maximum absolute atomic E-state index is 13.5. The third-order valence-corrected chi connectivity index (χ3v) is 5.00. The van der Waals surface area contributed by atoms with Crippen LogP contribution < -0.4 is 0 Å². The maximum Gasteiger partial charge on any atom is 0.127 e. The van der Waals surface area contributed by atoms with Crippen LogP contribution in [-0.2, 0) is 0 Å². The summed E-state index contributed by atoms with van der Waals surface area (Å²) >= 11 is 8.51. The molecule has 0 fully saturated rings. The minimum Gasteiger partial charge on any atom is -0.207 e. The van der Waals surface area contributed by atoms with Crippen molar-refractivity contribution in [1.82, 2.24) is 0 Å². The molecule has 0 bridgehead atoms. The monoisotopic (exact) mass is 348 g/mol. The molecule has 2 aromatic rings. The van der Waals surface area contributed by atoms with Gasteiger partial charge in [-0.15, -0.1) is 11.3 Å². The van der Waals surface area contributed by atoms with Crippen molar-refractivity contribution in [3.8, 4) is 0 Å². The fraction of sp³-hybridized carbons (Fsp3) is 0.0909. The minimum absolute atomic E-state index is 0.0741. The van der Waals surface area contributed by atoms with Crippen molar-refractivity contribution in [3.05, 3.63) is 56.4 Å². The number of rotatable bonds is 2. The third-order valence-electron chi connectivity index (χ3n) is 2.02. The maximum atomic E-state index is 13.5. The largest absolute Gasteiger partial charge is 0.207 e. The number of hydrogen-bond acceptors (Lipinski definition) is 1. The van der Waals surface area contributed by atoms with E-state index in [1.54, 1.807) is 23.5 Å². The van der Waals surface area contributed by atoms with Crippen molar-refractivity contribution in [3.63, 3.8) is 0 Å². The zero-order chi connectivity index (χ0) is 10.8. The first-order valence-corrected chi connectivity index (χ1v) is 6.84. The van der Waals surface area contributed by atoms with Crippen molar-refractivity contribution in [2.45, 2.75) is 4.83 Å².